The lowest BCUT2D eigenvalue weighted by molar-refractivity contribution is -0.173. The molecule has 0 aromatic rings. The summed E-state index contributed by atoms with van der Waals surface area (Å²) < 4.78 is 34.6. The topological polar surface area (TPSA) is 29.1 Å². The number of hydrogen-bond donors (Lipinski definition) is 1. The number of rotatable bonds is 3. The molecule has 0 saturated heterocycles. The Morgan fingerprint density at radius 2 is 2.00 bits per heavy atom. The molecule has 0 bridgehead atoms. The fraction of sp³-hybridized carbons (Fsp3) is 0.571. The minimum atomic E-state index is -4.78. The van der Waals surface area contributed by atoms with Crippen LogP contribution in [-0.4, -0.2) is 18.6 Å². The van der Waals surface area contributed by atoms with Gasteiger partial charge < -0.3 is 5.32 Å². The van der Waals surface area contributed by atoms with Crippen molar-refractivity contribution < 1.29 is 18.0 Å². The quantitative estimate of drug-likeness (QED) is 0.659. The molecule has 0 spiro atoms. The van der Waals surface area contributed by atoms with Gasteiger partial charge in [-0.15, -0.1) is 0 Å². The van der Waals surface area contributed by atoms with Gasteiger partial charge in [-0.1, -0.05) is 19.1 Å². The molecule has 0 aliphatic carbocycles. The Hall–Kier alpha value is -1.00. The van der Waals surface area contributed by atoms with Crippen LogP contribution in [0.4, 0.5) is 13.2 Å². The summed E-state index contributed by atoms with van der Waals surface area (Å²) >= 11 is 0. The summed E-state index contributed by atoms with van der Waals surface area (Å²) in [5, 5.41) is 1.71. The number of nitrogens with one attached hydrogen (secondary N) is 1. The molecule has 0 heterocycles. The molecular weight excluding hydrogens is 171 g/mol. The SMILES string of the molecule is CCC=CCNC(=O)C(F)(F)F. The Bertz CT molecular complexity index is 174. The number of allylic oxidation sites excluding steroid dienone is 1. The first kappa shape index (κ1) is 11.0. The van der Waals surface area contributed by atoms with E-state index in [1.54, 1.807) is 11.4 Å². The summed E-state index contributed by atoms with van der Waals surface area (Å²) in [5.74, 6) is -1.90. The summed E-state index contributed by atoms with van der Waals surface area (Å²) in [6.07, 6.45) is -0.887. The molecule has 5 heteroatoms. The van der Waals surface area contributed by atoms with Crippen molar-refractivity contribution in [3.8, 4) is 0 Å². The number of hydrogen-bond acceptors (Lipinski definition) is 1. The molecule has 1 amide bonds. The highest BCUT2D eigenvalue weighted by atomic mass is 19.4. The number of alkyl halides is 3. The molecule has 1 N–H and O–H groups in total. The zero-order chi connectivity index (χ0) is 9.61. The van der Waals surface area contributed by atoms with E-state index in [1.807, 2.05) is 6.92 Å². The maximum absolute atomic E-state index is 11.5. The molecule has 0 radical (unpaired) electrons. The van der Waals surface area contributed by atoms with Gasteiger partial charge in [-0.2, -0.15) is 13.2 Å². The Balaban J connectivity index is 3.66. The number of halogens is 3. The van der Waals surface area contributed by atoms with Gasteiger partial charge in [-0.3, -0.25) is 4.79 Å². The van der Waals surface area contributed by atoms with Crippen molar-refractivity contribution in [2.75, 3.05) is 6.54 Å². The van der Waals surface area contributed by atoms with Crippen molar-refractivity contribution in [1.82, 2.24) is 5.32 Å². The van der Waals surface area contributed by atoms with Crippen LogP contribution in [0, 0.1) is 0 Å². The largest absolute Gasteiger partial charge is 0.471 e. The van der Waals surface area contributed by atoms with E-state index in [9.17, 15) is 18.0 Å². The molecule has 0 unspecified atom stereocenters. The van der Waals surface area contributed by atoms with Gasteiger partial charge in [0, 0.05) is 6.54 Å². The van der Waals surface area contributed by atoms with Gasteiger partial charge >= 0.3 is 12.1 Å². The first-order valence-electron chi connectivity index (χ1n) is 3.48. The second-order valence-corrected chi connectivity index (χ2v) is 2.09. The van der Waals surface area contributed by atoms with Crippen LogP contribution in [0.3, 0.4) is 0 Å². The van der Waals surface area contributed by atoms with E-state index in [4.69, 9.17) is 0 Å². The second kappa shape index (κ2) is 4.79. The normalized spacial score (nSPS) is 12.0. The smallest absolute Gasteiger partial charge is 0.345 e. The molecular formula is C7H10F3NO. The fourth-order valence-electron chi connectivity index (χ4n) is 0.502. The van der Waals surface area contributed by atoms with Crippen LogP contribution in [0.15, 0.2) is 12.2 Å². The predicted octanol–water partition coefficient (Wildman–Crippen LogP) is 1.63. The third kappa shape index (κ3) is 4.76. The molecule has 0 aliphatic rings. The highest BCUT2D eigenvalue weighted by molar-refractivity contribution is 5.81. The van der Waals surface area contributed by atoms with Crippen LogP contribution < -0.4 is 5.32 Å². The Morgan fingerprint density at radius 1 is 1.42 bits per heavy atom. The van der Waals surface area contributed by atoms with Gasteiger partial charge in [0.15, 0.2) is 0 Å². The molecule has 70 valence electrons. The van der Waals surface area contributed by atoms with Crippen LogP contribution in [0.1, 0.15) is 13.3 Å². The average Bonchev–Trinajstić information content (AvgIpc) is 1.96. The van der Waals surface area contributed by atoms with Crippen LogP contribution in [0.2, 0.25) is 0 Å². The van der Waals surface area contributed by atoms with Crippen molar-refractivity contribution >= 4 is 5.91 Å². The van der Waals surface area contributed by atoms with E-state index >= 15 is 0 Å². The summed E-state index contributed by atoms with van der Waals surface area (Å²) in [5.41, 5.74) is 0. The van der Waals surface area contributed by atoms with E-state index in [2.05, 4.69) is 0 Å². The highest BCUT2D eigenvalue weighted by Crippen LogP contribution is 2.13. The number of amides is 1. The monoisotopic (exact) mass is 181 g/mol. The second-order valence-electron chi connectivity index (χ2n) is 2.09. The lowest BCUT2D eigenvalue weighted by atomic mass is 10.4. The van der Waals surface area contributed by atoms with Gasteiger partial charge in [-0.25, -0.2) is 0 Å². The number of carbonyl (C=O) groups excluding carboxylic acids is 1. The average molecular weight is 181 g/mol. The zero-order valence-corrected chi connectivity index (χ0v) is 6.61. The molecule has 0 fully saturated rings. The lowest BCUT2D eigenvalue weighted by Crippen LogP contribution is -2.36. The zero-order valence-electron chi connectivity index (χ0n) is 6.61. The summed E-state index contributed by atoms with van der Waals surface area (Å²) in [4.78, 5) is 10.2. The molecule has 0 aromatic carbocycles. The minimum absolute atomic E-state index is 0.0772. The summed E-state index contributed by atoms with van der Waals surface area (Å²) in [6, 6.07) is 0. The van der Waals surface area contributed by atoms with E-state index in [-0.39, 0.29) is 6.54 Å². The number of carbonyl (C=O) groups is 1. The minimum Gasteiger partial charge on any atom is -0.345 e. The molecule has 12 heavy (non-hydrogen) atoms. The van der Waals surface area contributed by atoms with Crippen molar-refractivity contribution in [3.05, 3.63) is 12.2 Å². The van der Waals surface area contributed by atoms with Crippen molar-refractivity contribution in [2.24, 2.45) is 0 Å². The van der Waals surface area contributed by atoms with E-state index < -0.39 is 12.1 Å². The van der Waals surface area contributed by atoms with E-state index in [0.717, 1.165) is 6.42 Å². The van der Waals surface area contributed by atoms with E-state index in [1.165, 1.54) is 6.08 Å². The van der Waals surface area contributed by atoms with Crippen LogP contribution >= 0.6 is 0 Å². The maximum Gasteiger partial charge on any atom is 0.471 e. The first-order chi connectivity index (χ1) is 5.48. The molecule has 0 aliphatic heterocycles. The maximum atomic E-state index is 11.5. The Morgan fingerprint density at radius 3 is 2.42 bits per heavy atom. The van der Waals surface area contributed by atoms with Gasteiger partial charge in [0.05, 0.1) is 0 Å². The first-order valence-corrected chi connectivity index (χ1v) is 3.48. The lowest BCUT2D eigenvalue weighted by Gasteiger charge is -2.04. The van der Waals surface area contributed by atoms with Crippen molar-refractivity contribution in [3.63, 3.8) is 0 Å². The van der Waals surface area contributed by atoms with Gasteiger partial charge in [0.1, 0.15) is 0 Å². The Labute approximate surface area is 68.4 Å². The van der Waals surface area contributed by atoms with Crippen molar-refractivity contribution in [2.45, 2.75) is 19.5 Å². The van der Waals surface area contributed by atoms with Crippen LogP contribution in [0.5, 0.6) is 0 Å². The molecule has 0 rings (SSSR count). The van der Waals surface area contributed by atoms with E-state index in [0.29, 0.717) is 0 Å². The summed E-state index contributed by atoms with van der Waals surface area (Å²) in [6.45, 7) is 1.77. The van der Waals surface area contributed by atoms with Gasteiger partial charge in [0.2, 0.25) is 0 Å². The Kier molecular flexibility index (Phi) is 4.39. The van der Waals surface area contributed by atoms with Gasteiger partial charge in [-0.05, 0) is 6.42 Å². The highest BCUT2D eigenvalue weighted by Gasteiger charge is 2.37. The predicted molar refractivity (Wildman–Crippen MR) is 38.5 cm³/mol. The third-order valence-corrected chi connectivity index (χ3v) is 1.04. The molecule has 0 aromatic heterocycles. The van der Waals surface area contributed by atoms with Crippen molar-refractivity contribution in [1.29, 1.82) is 0 Å². The standard InChI is InChI=1S/C7H10F3NO/c1-2-3-4-5-11-6(12)7(8,9)10/h3-4H,2,5H2,1H3,(H,11,12). The molecule has 0 atom stereocenters. The van der Waals surface area contributed by atoms with Crippen LogP contribution in [-0.2, 0) is 4.79 Å². The summed E-state index contributed by atoms with van der Waals surface area (Å²) in [7, 11) is 0. The van der Waals surface area contributed by atoms with Crippen LogP contribution in [0.25, 0.3) is 0 Å². The molecule has 0 saturated carbocycles. The fourth-order valence-corrected chi connectivity index (χ4v) is 0.502. The molecule has 2 nitrogen and oxygen atoms in total. The third-order valence-electron chi connectivity index (χ3n) is 1.04. The van der Waals surface area contributed by atoms with Gasteiger partial charge in [0.25, 0.3) is 0 Å².